The van der Waals surface area contributed by atoms with Crippen molar-refractivity contribution in [3.63, 3.8) is 0 Å². The number of rotatable bonds is 5. The average Bonchev–Trinajstić information content (AvgIpc) is 2.85. The standard InChI is InChI=1S/C15H21N3O3/c1-10(2)8-9-16-14(19)18-11-6-5-7-12(20-3)13(11)17-15(18)21-4/h5-7,10H,8-9H2,1-4H3,(H,16,19). The lowest BCUT2D eigenvalue weighted by Gasteiger charge is -2.10. The summed E-state index contributed by atoms with van der Waals surface area (Å²) in [5.74, 6) is 1.14. The lowest BCUT2D eigenvalue weighted by molar-refractivity contribution is 0.238. The van der Waals surface area contributed by atoms with Gasteiger partial charge in [0.1, 0.15) is 11.3 Å². The quantitative estimate of drug-likeness (QED) is 0.919. The molecule has 2 aromatic rings. The summed E-state index contributed by atoms with van der Waals surface area (Å²) in [7, 11) is 3.06. The molecule has 6 heteroatoms. The molecule has 0 radical (unpaired) electrons. The number of para-hydroxylation sites is 1. The van der Waals surface area contributed by atoms with E-state index in [2.05, 4.69) is 24.1 Å². The van der Waals surface area contributed by atoms with Crippen molar-refractivity contribution in [1.82, 2.24) is 14.9 Å². The highest BCUT2D eigenvalue weighted by Crippen LogP contribution is 2.28. The molecule has 2 rings (SSSR count). The molecule has 6 nitrogen and oxygen atoms in total. The molecule has 21 heavy (non-hydrogen) atoms. The van der Waals surface area contributed by atoms with E-state index in [0.717, 1.165) is 6.42 Å². The van der Waals surface area contributed by atoms with Crippen molar-refractivity contribution in [2.75, 3.05) is 20.8 Å². The first-order chi connectivity index (χ1) is 10.1. The summed E-state index contributed by atoms with van der Waals surface area (Å²) < 4.78 is 11.9. The van der Waals surface area contributed by atoms with Gasteiger partial charge in [0.2, 0.25) is 0 Å². The van der Waals surface area contributed by atoms with Crippen molar-refractivity contribution in [2.24, 2.45) is 5.92 Å². The van der Waals surface area contributed by atoms with E-state index in [0.29, 0.717) is 29.2 Å². The maximum Gasteiger partial charge on any atom is 0.330 e. The zero-order valence-corrected chi connectivity index (χ0v) is 12.8. The van der Waals surface area contributed by atoms with E-state index in [-0.39, 0.29) is 12.0 Å². The van der Waals surface area contributed by atoms with Crippen molar-refractivity contribution in [3.8, 4) is 11.8 Å². The van der Waals surface area contributed by atoms with Crippen LogP contribution in [0.5, 0.6) is 11.8 Å². The Bertz CT molecular complexity index is 634. The van der Waals surface area contributed by atoms with Crippen LogP contribution in [0.15, 0.2) is 18.2 Å². The minimum atomic E-state index is -0.247. The fourth-order valence-corrected chi connectivity index (χ4v) is 2.10. The normalized spacial score (nSPS) is 10.9. The van der Waals surface area contributed by atoms with Gasteiger partial charge in [0.05, 0.1) is 19.7 Å². The third-order valence-corrected chi connectivity index (χ3v) is 3.22. The molecule has 114 valence electrons. The monoisotopic (exact) mass is 291 g/mol. The van der Waals surface area contributed by atoms with E-state index in [1.54, 1.807) is 13.2 Å². The summed E-state index contributed by atoms with van der Waals surface area (Å²) in [5, 5.41) is 2.88. The van der Waals surface area contributed by atoms with Crippen LogP contribution >= 0.6 is 0 Å². The first-order valence-corrected chi connectivity index (χ1v) is 6.96. The van der Waals surface area contributed by atoms with Gasteiger partial charge in [0, 0.05) is 6.54 Å². The summed E-state index contributed by atoms with van der Waals surface area (Å²) >= 11 is 0. The Kier molecular flexibility index (Phi) is 4.67. The second-order valence-corrected chi connectivity index (χ2v) is 5.18. The van der Waals surface area contributed by atoms with E-state index < -0.39 is 0 Å². The molecule has 1 amide bonds. The Labute approximate surface area is 124 Å². The van der Waals surface area contributed by atoms with Gasteiger partial charge in [-0.2, -0.15) is 4.98 Å². The van der Waals surface area contributed by atoms with Crippen molar-refractivity contribution in [2.45, 2.75) is 20.3 Å². The van der Waals surface area contributed by atoms with Crippen LogP contribution in [0, 0.1) is 5.92 Å². The zero-order valence-electron chi connectivity index (χ0n) is 12.8. The van der Waals surface area contributed by atoms with Crippen LogP contribution in [0.2, 0.25) is 0 Å². The van der Waals surface area contributed by atoms with Crippen LogP contribution in [0.1, 0.15) is 20.3 Å². The number of methoxy groups -OCH3 is 2. The number of hydrogen-bond donors (Lipinski definition) is 1. The Hall–Kier alpha value is -2.24. The fourth-order valence-electron chi connectivity index (χ4n) is 2.10. The van der Waals surface area contributed by atoms with E-state index >= 15 is 0 Å². The van der Waals surface area contributed by atoms with Gasteiger partial charge in [-0.05, 0) is 24.5 Å². The third-order valence-electron chi connectivity index (χ3n) is 3.22. The highest BCUT2D eigenvalue weighted by Gasteiger charge is 2.19. The lowest BCUT2D eigenvalue weighted by atomic mass is 10.1. The van der Waals surface area contributed by atoms with E-state index in [1.807, 2.05) is 12.1 Å². The molecule has 1 aromatic heterocycles. The Balaban J connectivity index is 2.35. The maximum atomic E-state index is 12.4. The molecule has 0 aliphatic rings. The van der Waals surface area contributed by atoms with Gasteiger partial charge in [-0.15, -0.1) is 0 Å². The van der Waals surface area contributed by atoms with E-state index in [4.69, 9.17) is 9.47 Å². The number of hydrogen-bond acceptors (Lipinski definition) is 4. The van der Waals surface area contributed by atoms with Gasteiger partial charge >= 0.3 is 12.0 Å². The first-order valence-electron chi connectivity index (χ1n) is 6.96. The van der Waals surface area contributed by atoms with Crippen LogP contribution in [0.4, 0.5) is 4.79 Å². The molecule has 1 aromatic carbocycles. The molecule has 0 atom stereocenters. The highest BCUT2D eigenvalue weighted by atomic mass is 16.5. The number of carbonyl (C=O) groups excluding carboxylic acids is 1. The summed E-state index contributed by atoms with van der Waals surface area (Å²) in [6, 6.07) is 5.44. The molecule has 0 unspecified atom stereocenters. The predicted molar refractivity (Wildman–Crippen MR) is 81.1 cm³/mol. The molecule has 0 saturated carbocycles. The molecule has 1 N–H and O–H groups in total. The smallest absolute Gasteiger partial charge is 0.330 e. The van der Waals surface area contributed by atoms with Gasteiger partial charge in [-0.3, -0.25) is 0 Å². The predicted octanol–water partition coefficient (Wildman–Crippen LogP) is 2.66. The Morgan fingerprint density at radius 3 is 2.71 bits per heavy atom. The molecular formula is C15H21N3O3. The van der Waals surface area contributed by atoms with Gasteiger partial charge in [-0.1, -0.05) is 19.9 Å². The van der Waals surface area contributed by atoms with Gasteiger partial charge in [0.15, 0.2) is 0 Å². The first kappa shape index (κ1) is 15.2. The molecule has 0 saturated heterocycles. The number of imidazole rings is 1. The minimum absolute atomic E-state index is 0.247. The van der Waals surface area contributed by atoms with Crippen LogP contribution in [-0.2, 0) is 0 Å². The second-order valence-electron chi connectivity index (χ2n) is 5.18. The number of nitrogens with zero attached hydrogens (tertiary/aromatic N) is 2. The van der Waals surface area contributed by atoms with Crippen molar-refractivity contribution in [1.29, 1.82) is 0 Å². The molecule has 0 spiro atoms. The molecule has 0 aliphatic heterocycles. The number of carbonyl (C=O) groups is 1. The van der Waals surface area contributed by atoms with E-state index in [9.17, 15) is 4.79 Å². The largest absolute Gasteiger partial charge is 0.494 e. The molecule has 1 heterocycles. The number of benzene rings is 1. The van der Waals surface area contributed by atoms with Crippen molar-refractivity contribution >= 4 is 17.1 Å². The minimum Gasteiger partial charge on any atom is -0.494 e. The van der Waals surface area contributed by atoms with Crippen LogP contribution in [0.25, 0.3) is 11.0 Å². The van der Waals surface area contributed by atoms with Crippen molar-refractivity contribution in [3.05, 3.63) is 18.2 Å². The summed E-state index contributed by atoms with van der Waals surface area (Å²) in [5.41, 5.74) is 1.27. The molecular weight excluding hydrogens is 270 g/mol. The summed E-state index contributed by atoms with van der Waals surface area (Å²) in [4.78, 5) is 16.7. The fraction of sp³-hybridized carbons (Fsp3) is 0.467. The van der Waals surface area contributed by atoms with Gasteiger partial charge in [-0.25, -0.2) is 9.36 Å². The average molecular weight is 291 g/mol. The number of fused-ring (bicyclic) bond motifs is 1. The molecule has 0 aliphatic carbocycles. The number of nitrogens with one attached hydrogen (secondary N) is 1. The third kappa shape index (κ3) is 3.09. The summed E-state index contributed by atoms with van der Waals surface area (Å²) in [6.45, 7) is 4.84. The highest BCUT2D eigenvalue weighted by molar-refractivity contribution is 5.93. The molecule has 0 fully saturated rings. The lowest BCUT2D eigenvalue weighted by Crippen LogP contribution is -2.30. The second kappa shape index (κ2) is 6.47. The van der Waals surface area contributed by atoms with Gasteiger partial charge in [0.25, 0.3) is 0 Å². The zero-order chi connectivity index (χ0) is 15.4. The Morgan fingerprint density at radius 1 is 1.33 bits per heavy atom. The van der Waals surface area contributed by atoms with Crippen LogP contribution in [0.3, 0.4) is 0 Å². The number of ether oxygens (including phenoxy) is 2. The van der Waals surface area contributed by atoms with Crippen molar-refractivity contribution < 1.29 is 14.3 Å². The topological polar surface area (TPSA) is 65.4 Å². The van der Waals surface area contributed by atoms with Gasteiger partial charge < -0.3 is 14.8 Å². The summed E-state index contributed by atoms with van der Waals surface area (Å²) in [6.07, 6.45) is 0.921. The van der Waals surface area contributed by atoms with Crippen LogP contribution in [-0.4, -0.2) is 36.3 Å². The maximum absolute atomic E-state index is 12.4. The Morgan fingerprint density at radius 2 is 2.10 bits per heavy atom. The number of amides is 1. The molecule has 0 bridgehead atoms. The number of aromatic nitrogens is 2. The SMILES string of the molecule is COc1cccc2c1nc(OC)n2C(=O)NCCC(C)C. The van der Waals surface area contributed by atoms with Crippen LogP contribution < -0.4 is 14.8 Å². The van der Waals surface area contributed by atoms with E-state index in [1.165, 1.54) is 11.7 Å².